The van der Waals surface area contributed by atoms with Crippen LogP contribution in [0.5, 0.6) is 0 Å². The van der Waals surface area contributed by atoms with Crippen molar-refractivity contribution in [2.75, 3.05) is 18.0 Å². The van der Waals surface area contributed by atoms with Crippen LogP contribution in [-0.4, -0.2) is 28.8 Å². The summed E-state index contributed by atoms with van der Waals surface area (Å²) in [6.07, 6.45) is 1.89. The van der Waals surface area contributed by atoms with Crippen LogP contribution in [0, 0.1) is 0 Å². The number of nitrogens with two attached hydrogens (primary N) is 1. The van der Waals surface area contributed by atoms with E-state index in [9.17, 15) is 5.11 Å². The number of β-amino-alcohol motifs (C(OH)–C–C–N with tert-alkyl or cyclic N) is 1. The summed E-state index contributed by atoms with van der Waals surface area (Å²) in [4.78, 5) is 2.62. The fourth-order valence-corrected chi connectivity index (χ4v) is 2.41. The lowest BCUT2D eigenvalue weighted by molar-refractivity contribution is 0.0449. The largest absolute Gasteiger partial charge is 0.389 e. The van der Waals surface area contributed by atoms with Gasteiger partial charge >= 0.3 is 0 Å². The number of hydrogen-bond acceptors (Lipinski definition) is 3. The van der Waals surface area contributed by atoms with Crippen LogP contribution in [-0.2, 0) is 0 Å². The SMILES string of the molecule is CC1(O)CCCN(c2ccc(C(N)=S)cc2)C1. The second-order valence-corrected chi connectivity index (χ2v) is 5.37. The fraction of sp³-hybridized carbons (Fsp3) is 0.462. The first kappa shape index (κ1) is 12.3. The highest BCUT2D eigenvalue weighted by molar-refractivity contribution is 7.80. The standard InChI is InChI=1S/C13H18N2OS/c1-13(16)7-2-8-15(9-13)11-5-3-10(4-6-11)12(14)17/h3-6,16H,2,7-9H2,1H3,(H2,14,17). The van der Waals surface area contributed by atoms with Crippen LogP contribution in [0.3, 0.4) is 0 Å². The van der Waals surface area contributed by atoms with E-state index in [1.165, 1.54) is 0 Å². The van der Waals surface area contributed by atoms with Crippen molar-refractivity contribution in [3.63, 3.8) is 0 Å². The van der Waals surface area contributed by atoms with Gasteiger partial charge in [-0.3, -0.25) is 0 Å². The van der Waals surface area contributed by atoms with Crippen molar-refractivity contribution in [2.24, 2.45) is 5.73 Å². The molecule has 92 valence electrons. The molecule has 4 heteroatoms. The van der Waals surface area contributed by atoms with E-state index >= 15 is 0 Å². The predicted molar refractivity (Wildman–Crippen MR) is 74.4 cm³/mol. The van der Waals surface area contributed by atoms with Crippen molar-refractivity contribution in [2.45, 2.75) is 25.4 Å². The minimum absolute atomic E-state index is 0.419. The maximum Gasteiger partial charge on any atom is 0.103 e. The highest BCUT2D eigenvalue weighted by Gasteiger charge is 2.28. The van der Waals surface area contributed by atoms with E-state index < -0.39 is 5.60 Å². The lowest BCUT2D eigenvalue weighted by Gasteiger charge is -2.38. The first-order valence-electron chi connectivity index (χ1n) is 5.85. The second kappa shape index (κ2) is 4.63. The normalized spacial score (nSPS) is 24.7. The number of aliphatic hydroxyl groups is 1. The number of piperidine rings is 1. The predicted octanol–water partition coefficient (Wildman–Crippen LogP) is 1.67. The number of rotatable bonds is 2. The zero-order chi connectivity index (χ0) is 12.5. The molecular formula is C13H18N2OS. The average Bonchev–Trinajstić information content (AvgIpc) is 2.28. The zero-order valence-electron chi connectivity index (χ0n) is 10.0. The van der Waals surface area contributed by atoms with Crippen LogP contribution in [0.25, 0.3) is 0 Å². The number of thiocarbonyl (C=S) groups is 1. The van der Waals surface area contributed by atoms with Gasteiger partial charge in [-0.15, -0.1) is 0 Å². The third-order valence-corrected chi connectivity index (χ3v) is 3.43. The van der Waals surface area contributed by atoms with Gasteiger partial charge < -0.3 is 15.7 Å². The summed E-state index contributed by atoms with van der Waals surface area (Å²) in [6, 6.07) is 7.88. The molecule has 0 spiro atoms. The van der Waals surface area contributed by atoms with E-state index in [1.54, 1.807) is 0 Å². The molecule has 1 saturated heterocycles. The molecule has 1 atom stereocenters. The quantitative estimate of drug-likeness (QED) is 0.784. The Bertz CT molecular complexity index is 414. The summed E-state index contributed by atoms with van der Waals surface area (Å²) in [5.74, 6) is 0. The lowest BCUT2D eigenvalue weighted by Crippen LogP contribution is -2.46. The van der Waals surface area contributed by atoms with Gasteiger partial charge in [0.25, 0.3) is 0 Å². The zero-order valence-corrected chi connectivity index (χ0v) is 10.8. The van der Waals surface area contributed by atoms with Crippen LogP contribution < -0.4 is 10.6 Å². The molecule has 3 N–H and O–H groups in total. The minimum atomic E-state index is -0.583. The lowest BCUT2D eigenvalue weighted by atomic mass is 9.95. The molecule has 1 aromatic rings. The van der Waals surface area contributed by atoms with Crippen LogP contribution in [0.2, 0.25) is 0 Å². The van der Waals surface area contributed by atoms with Gasteiger partial charge in [-0.25, -0.2) is 0 Å². The molecule has 1 fully saturated rings. The van der Waals surface area contributed by atoms with Gasteiger partial charge in [-0.1, -0.05) is 12.2 Å². The van der Waals surface area contributed by atoms with Crippen LogP contribution in [0.15, 0.2) is 24.3 Å². The van der Waals surface area contributed by atoms with Crippen LogP contribution in [0.4, 0.5) is 5.69 Å². The van der Waals surface area contributed by atoms with Crippen LogP contribution in [0.1, 0.15) is 25.3 Å². The molecule has 0 aromatic heterocycles. The molecule has 1 unspecified atom stereocenters. The van der Waals surface area contributed by atoms with E-state index in [0.29, 0.717) is 11.5 Å². The Morgan fingerprint density at radius 2 is 2.06 bits per heavy atom. The first-order chi connectivity index (χ1) is 7.98. The Hall–Kier alpha value is -1.13. The molecule has 0 amide bonds. The molecule has 17 heavy (non-hydrogen) atoms. The van der Waals surface area contributed by atoms with Gasteiger partial charge in [0.15, 0.2) is 0 Å². The fourth-order valence-electron chi connectivity index (χ4n) is 2.28. The maximum absolute atomic E-state index is 10.1. The van der Waals surface area contributed by atoms with Gasteiger partial charge in [-0.2, -0.15) is 0 Å². The maximum atomic E-state index is 10.1. The summed E-state index contributed by atoms with van der Waals surface area (Å²) in [7, 11) is 0. The first-order valence-corrected chi connectivity index (χ1v) is 6.26. The third kappa shape index (κ3) is 2.96. The molecule has 0 radical (unpaired) electrons. The van der Waals surface area contributed by atoms with Crippen molar-refractivity contribution in [1.82, 2.24) is 0 Å². The van der Waals surface area contributed by atoms with Gasteiger partial charge in [0.1, 0.15) is 4.99 Å². The molecule has 1 aliphatic rings. The molecule has 3 nitrogen and oxygen atoms in total. The summed E-state index contributed by atoms with van der Waals surface area (Å²) < 4.78 is 0. The van der Waals surface area contributed by atoms with Crippen molar-refractivity contribution in [1.29, 1.82) is 0 Å². The smallest absolute Gasteiger partial charge is 0.103 e. The van der Waals surface area contributed by atoms with Gasteiger partial charge in [-0.05, 0) is 44.0 Å². The molecule has 0 aliphatic carbocycles. The molecule has 1 aliphatic heterocycles. The number of nitrogens with zero attached hydrogens (tertiary/aromatic N) is 1. The minimum Gasteiger partial charge on any atom is -0.389 e. The Kier molecular flexibility index (Phi) is 3.35. The molecule has 1 heterocycles. The molecule has 1 aromatic carbocycles. The van der Waals surface area contributed by atoms with E-state index in [1.807, 2.05) is 31.2 Å². The monoisotopic (exact) mass is 250 g/mol. The summed E-state index contributed by atoms with van der Waals surface area (Å²) >= 11 is 4.92. The van der Waals surface area contributed by atoms with Crippen molar-refractivity contribution >= 4 is 22.9 Å². The summed E-state index contributed by atoms with van der Waals surface area (Å²) in [6.45, 7) is 3.56. The molecule has 0 saturated carbocycles. The molecule has 0 bridgehead atoms. The Balaban J connectivity index is 2.14. The van der Waals surface area contributed by atoms with Crippen molar-refractivity contribution in [3.8, 4) is 0 Å². The van der Waals surface area contributed by atoms with Crippen molar-refractivity contribution < 1.29 is 5.11 Å². The van der Waals surface area contributed by atoms with Gasteiger partial charge in [0.2, 0.25) is 0 Å². The van der Waals surface area contributed by atoms with Crippen molar-refractivity contribution in [3.05, 3.63) is 29.8 Å². The number of anilines is 1. The Morgan fingerprint density at radius 3 is 2.59 bits per heavy atom. The molecular weight excluding hydrogens is 232 g/mol. The third-order valence-electron chi connectivity index (χ3n) is 3.19. The average molecular weight is 250 g/mol. The highest BCUT2D eigenvalue weighted by atomic mass is 32.1. The number of hydrogen-bond donors (Lipinski definition) is 2. The number of benzene rings is 1. The van der Waals surface area contributed by atoms with Gasteiger partial charge in [0, 0.05) is 24.3 Å². The highest BCUT2D eigenvalue weighted by Crippen LogP contribution is 2.25. The topological polar surface area (TPSA) is 49.5 Å². The second-order valence-electron chi connectivity index (χ2n) is 4.93. The summed E-state index contributed by atoms with van der Waals surface area (Å²) in [5, 5.41) is 10.1. The Morgan fingerprint density at radius 1 is 1.41 bits per heavy atom. The molecule has 2 rings (SSSR count). The summed E-state index contributed by atoms with van der Waals surface area (Å²) in [5.41, 5.74) is 6.98. The van der Waals surface area contributed by atoms with E-state index in [4.69, 9.17) is 18.0 Å². The van der Waals surface area contributed by atoms with Crippen LogP contribution >= 0.6 is 12.2 Å². The van der Waals surface area contributed by atoms with E-state index in [2.05, 4.69) is 4.90 Å². The van der Waals surface area contributed by atoms with Gasteiger partial charge in [0.05, 0.1) is 5.60 Å². The van der Waals surface area contributed by atoms with E-state index in [0.717, 1.165) is 30.6 Å². The van der Waals surface area contributed by atoms with E-state index in [-0.39, 0.29) is 0 Å². The Labute approximate surface area is 107 Å².